The Morgan fingerprint density at radius 3 is 2.96 bits per heavy atom. The zero-order valence-electron chi connectivity index (χ0n) is 13.1. The fourth-order valence-electron chi connectivity index (χ4n) is 2.77. The van der Waals surface area contributed by atoms with E-state index in [1.165, 1.54) is 17.3 Å². The zero-order valence-corrected chi connectivity index (χ0v) is 14.7. The first-order valence-electron chi connectivity index (χ1n) is 7.72. The first-order chi connectivity index (χ1) is 11.7. The van der Waals surface area contributed by atoms with Crippen LogP contribution in [0.3, 0.4) is 0 Å². The van der Waals surface area contributed by atoms with Gasteiger partial charge in [0.2, 0.25) is 0 Å². The molecule has 2 aromatic rings. The molecule has 2 unspecified atom stereocenters. The number of hydrogen-bond donors (Lipinski definition) is 0. The molecule has 1 aromatic carbocycles. The molecule has 126 valence electrons. The van der Waals surface area contributed by atoms with Gasteiger partial charge >= 0.3 is 0 Å². The predicted molar refractivity (Wildman–Crippen MR) is 93.6 cm³/mol. The molecule has 1 fully saturated rings. The molecule has 0 radical (unpaired) electrons. The van der Waals surface area contributed by atoms with Crippen molar-refractivity contribution in [2.75, 3.05) is 12.4 Å². The maximum atomic E-state index is 8.73. The minimum Gasteiger partial charge on any atom is -0.345 e. The number of rotatable bonds is 7. The normalized spacial score (nSPS) is 23.2. The molecule has 1 aliphatic rings. The first-order valence-corrected chi connectivity index (χ1v) is 9.08. The molecule has 0 saturated carbocycles. The van der Waals surface area contributed by atoms with Crippen LogP contribution in [0.2, 0.25) is 5.02 Å². The number of ether oxygens (including phenoxy) is 2. The van der Waals surface area contributed by atoms with Crippen LogP contribution in [-0.2, 0) is 22.4 Å². The first kappa shape index (κ1) is 17.3. The standard InChI is InChI=1S/C17H18ClN3O2S/c18-15-3-1-14(2-4-15)5-6-17(11-21-8-7-20-13-21)22-9-16(23-17)10-24-12-19/h1-4,7-8,13,16H,5-6,9-11H2. The lowest BCUT2D eigenvalue weighted by Crippen LogP contribution is -2.37. The van der Waals surface area contributed by atoms with Gasteiger partial charge in [0.1, 0.15) is 5.40 Å². The lowest BCUT2D eigenvalue weighted by molar-refractivity contribution is -0.180. The van der Waals surface area contributed by atoms with Crippen LogP contribution in [0.5, 0.6) is 0 Å². The van der Waals surface area contributed by atoms with Crippen molar-refractivity contribution in [2.24, 2.45) is 0 Å². The van der Waals surface area contributed by atoms with Crippen molar-refractivity contribution in [3.63, 3.8) is 0 Å². The molecule has 7 heteroatoms. The molecule has 1 saturated heterocycles. The summed E-state index contributed by atoms with van der Waals surface area (Å²) in [7, 11) is 0. The minimum atomic E-state index is -0.693. The number of thioether (sulfide) groups is 1. The van der Waals surface area contributed by atoms with Crippen molar-refractivity contribution in [3.05, 3.63) is 53.6 Å². The smallest absolute Gasteiger partial charge is 0.187 e. The van der Waals surface area contributed by atoms with Gasteiger partial charge in [-0.25, -0.2) is 4.98 Å². The monoisotopic (exact) mass is 363 g/mol. The Bertz CT molecular complexity index is 687. The Hall–Kier alpha value is -1.52. The third kappa shape index (κ3) is 4.52. The maximum absolute atomic E-state index is 8.73. The second-order valence-electron chi connectivity index (χ2n) is 5.73. The zero-order chi connectivity index (χ0) is 16.8. The number of nitrogens with zero attached hydrogens (tertiary/aromatic N) is 3. The van der Waals surface area contributed by atoms with E-state index in [1.54, 1.807) is 12.5 Å². The molecule has 0 aliphatic carbocycles. The van der Waals surface area contributed by atoms with E-state index in [-0.39, 0.29) is 6.10 Å². The van der Waals surface area contributed by atoms with E-state index >= 15 is 0 Å². The van der Waals surface area contributed by atoms with Crippen molar-refractivity contribution >= 4 is 23.4 Å². The van der Waals surface area contributed by atoms with E-state index in [4.69, 9.17) is 26.3 Å². The van der Waals surface area contributed by atoms with E-state index in [9.17, 15) is 0 Å². The summed E-state index contributed by atoms with van der Waals surface area (Å²) < 4.78 is 14.2. The van der Waals surface area contributed by atoms with Crippen molar-refractivity contribution < 1.29 is 9.47 Å². The SMILES string of the molecule is N#CSCC1COC(CCc2ccc(Cl)cc2)(Cn2ccnc2)O1. The molecule has 5 nitrogen and oxygen atoms in total. The molecule has 0 spiro atoms. The van der Waals surface area contributed by atoms with Crippen LogP contribution in [0.1, 0.15) is 12.0 Å². The van der Waals surface area contributed by atoms with Crippen LogP contribution in [0.4, 0.5) is 0 Å². The quantitative estimate of drug-likeness (QED) is 0.704. The fourth-order valence-corrected chi connectivity index (χ4v) is 3.32. The Labute approximate surface area is 150 Å². The van der Waals surface area contributed by atoms with Crippen molar-refractivity contribution in [3.8, 4) is 5.40 Å². The van der Waals surface area contributed by atoms with Gasteiger partial charge in [0, 0.05) is 29.6 Å². The molecule has 0 N–H and O–H groups in total. The second kappa shape index (κ2) is 8.04. The third-order valence-corrected chi connectivity index (χ3v) is 4.86. The summed E-state index contributed by atoms with van der Waals surface area (Å²) in [5.41, 5.74) is 1.19. The average Bonchev–Trinajstić information content (AvgIpc) is 3.23. The molecular formula is C17H18ClN3O2S. The van der Waals surface area contributed by atoms with Gasteiger partial charge < -0.3 is 14.0 Å². The van der Waals surface area contributed by atoms with E-state index in [0.717, 1.165) is 17.9 Å². The number of aryl methyl sites for hydroxylation is 1. The second-order valence-corrected chi connectivity index (χ2v) is 6.97. The van der Waals surface area contributed by atoms with E-state index in [2.05, 4.69) is 10.4 Å². The molecule has 0 bridgehead atoms. The van der Waals surface area contributed by atoms with Gasteiger partial charge in [-0.05, 0) is 35.9 Å². The largest absolute Gasteiger partial charge is 0.345 e. The molecular weight excluding hydrogens is 346 g/mol. The van der Waals surface area contributed by atoms with Gasteiger partial charge in [-0.3, -0.25) is 0 Å². The molecule has 1 aliphatic heterocycles. The highest BCUT2D eigenvalue weighted by atomic mass is 35.5. The van der Waals surface area contributed by atoms with Gasteiger partial charge in [0.25, 0.3) is 0 Å². The fraction of sp³-hybridized carbons (Fsp3) is 0.412. The van der Waals surface area contributed by atoms with E-state index in [0.29, 0.717) is 18.9 Å². The molecule has 2 heterocycles. The summed E-state index contributed by atoms with van der Waals surface area (Å²) in [5.74, 6) is -0.0792. The van der Waals surface area contributed by atoms with Gasteiger partial charge in [0.05, 0.1) is 25.6 Å². The molecule has 1 aromatic heterocycles. The summed E-state index contributed by atoms with van der Waals surface area (Å²) in [6.07, 6.45) is 6.88. The van der Waals surface area contributed by atoms with Crippen molar-refractivity contribution in [1.82, 2.24) is 9.55 Å². The number of nitriles is 1. The third-order valence-electron chi connectivity index (χ3n) is 3.94. The summed E-state index contributed by atoms with van der Waals surface area (Å²) >= 11 is 7.14. The van der Waals surface area contributed by atoms with Crippen LogP contribution < -0.4 is 0 Å². The lowest BCUT2D eigenvalue weighted by Gasteiger charge is -2.28. The highest BCUT2D eigenvalue weighted by molar-refractivity contribution is 8.03. The number of thiocyanates is 1. The van der Waals surface area contributed by atoms with Crippen LogP contribution in [0.15, 0.2) is 43.0 Å². The Balaban J connectivity index is 1.68. The Morgan fingerprint density at radius 1 is 1.42 bits per heavy atom. The van der Waals surface area contributed by atoms with Gasteiger partial charge in [-0.2, -0.15) is 5.26 Å². The number of halogens is 1. The summed E-state index contributed by atoms with van der Waals surface area (Å²) in [5, 5.41) is 11.5. The molecule has 0 amide bonds. The molecule has 2 atom stereocenters. The summed E-state index contributed by atoms with van der Waals surface area (Å²) in [6, 6.07) is 7.82. The minimum absolute atomic E-state index is 0.0663. The number of hydrogen-bond acceptors (Lipinski definition) is 5. The summed E-state index contributed by atoms with van der Waals surface area (Å²) in [4.78, 5) is 4.08. The Morgan fingerprint density at radius 2 is 2.25 bits per heavy atom. The number of aromatic nitrogens is 2. The van der Waals surface area contributed by atoms with Gasteiger partial charge in [-0.15, -0.1) is 0 Å². The topological polar surface area (TPSA) is 60.1 Å². The van der Waals surface area contributed by atoms with Crippen LogP contribution >= 0.6 is 23.4 Å². The average molecular weight is 364 g/mol. The highest BCUT2D eigenvalue weighted by Crippen LogP contribution is 2.32. The van der Waals surface area contributed by atoms with Gasteiger partial charge in [0.15, 0.2) is 5.79 Å². The highest BCUT2D eigenvalue weighted by Gasteiger charge is 2.41. The van der Waals surface area contributed by atoms with Crippen LogP contribution in [0, 0.1) is 10.7 Å². The maximum Gasteiger partial charge on any atom is 0.187 e. The molecule has 24 heavy (non-hydrogen) atoms. The molecule has 3 rings (SSSR count). The summed E-state index contributed by atoms with van der Waals surface area (Å²) in [6.45, 7) is 1.08. The number of benzene rings is 1. The van der Waals surface area contributed by atoms with Crippen LogP contribution in [0.25, 0.3) is 0 Å². The lowest BCUT2D eigenvalue weighted by atomic mass is 10.0. The van der Waals surface area contributed by atoms with E-state index in [1.807, 2.05) is 35.0 Å². The Kier molecular flexibility index (Phi) is 5.80. The van der Waals surface area contributed by atoms with Crippen molar-refractivity contribution in [1.29, 1.82) is 5.26 Å². The van der Waals surface area contributed by atoms with Crippen molar-refractivity contribution in [2.45, 2.75) is 31.3 Å². The number of imidazole rings is 1. The predicted octanol–water partition coefficient (Wildman–Crippen LogP) is 3.50. The van der Waals surface area contributed by atoms with Crippen LogP contribution in [-0.4, -0.2) is 33.8 Å². The van der Waals surface area contributed by atoms with E-state index < -0.39 is 5.79 Å². The van der Waals surface area contributed by atoms with Gasteiger partial charge in [-0.1, -0.05) is 23.7 Å².